The van der Waals surface area contributed by atoms with E-state index in [1.54, 1.807) is 20.8 Å². The highest BCUT2D eigenvalue weighted by molar-refractivity contribution is 5.67. The SMILES string of the molecule is CC1CCCC(NCC(F)(F)CNC(=O)OC(C)(C)C)C1. The largest absolute Gasteiger partial charge is 0.444 e. The molecule has 0 aromatic carbocycles. The molecular formula is C15H28F2N2O2. The van der Waals surface area contributed by atoms with E-state index in [2.05, 4.69) is 17.6 Å². The molecule has 124 valence electrons. The van der Waals surface area contributed by atoms with Crippen LogP contribution in [0.25, 0.3) is 0 Å². The van der Waals surface area contributed by atoms with Crippen LogP contribution in [0.4, 0.5) is 13.6 Å². The quantitative estimate of drug-likeness (QED) is 0.819. The van der Waals surface area contributed by atoms with Gasteiger partial charge in [-0.2, -0.15) is 0 Å². The van der Waals surface area contributed by atoms with Crippen molar-refractivity contribution in [3.05, 3.63) is 0 Å². The molecule has 0 bridgehead atoms. The van der Waals surface area contributed by atoms with E-state index in [0.717, 1.165) is 19.3 Å². The summed E-state index contributed by atoms with van der Waals surface area (Å²) < 4.78 is 32.4. The number of carbonyl (C=O) groups is 1. The fraction of sp³-hybridized carbons (Fsp3) is 0.933. The molecule has 0 spiro atoms. The number of alkyl carbamates (subject to hydrolysis) is 1. The molecule has 1 rings (SSSR count). The van der Waals surface area contributed by atoms with Crippen LogP contribution in [0.15, 0.2) is 0 Å². The lowest BCUT2D eigenvalue weighted by Gasteiger charge is -2.29. The van der Waals surface area contributed by atoms with Crippen LogP contribution in [0.2, 0.25) is 0 Å². The number of alkyl halides is 2. The summed E-state index contributed by atoms with van der Waals surface area (Å²) in [7, 11) is 0. The van der Waals surface area contributed by atoms with Gasteiger partial charge >= 0.3 is 6.09 Å². The van der Waals surface area contributed by atoms with Crippen molar-refractivity contribution in [3.63, 3.8) is 0 Å². The van der Waals surface area contributed by atoms with E-state index in [-0.39, 0.29) is 6.04 Å². The maximum Gasteiger partial charge on any atom is 0.407 e. The van der Waals surface area contributed by atoms with Crippen LogP contribution >= 0.6 is 0 Å². The average Bonchev–Trinajstić information content (AvgIpc) is 2.33. The molecule has 0 aromatic heterocycles. The van der Waals surface area contributed by atoms with Crippen LogP contribution in [0.5, 0.6) is 0 Å². The molecule has 2 unspecified atom stereocenters. The van der Waals surface area contributed by atoms with Crippen molar-refractivity contribution >= 4 is 6.09 Å². The zero-order chi connectivity index (χ0) is 16.1. The van der Waals surface area contributed by atoms with E-state index in [9.17, 15) is 13.6 Å². The maximum absolute atomic E-state index is 13.7. The molecule has 4 nitrogen and oxygen atoms in total. The third-order valence-electron chi connectivity index (χ3n) is 3.48. The summed E-state index contributed by atoms with van der Waals surface area (Å²) in [5.74, 6) is -2.39. The second-order valence-corrected chi connectivity index (χ2v) is 7.06. The second-order valence-electron chi connectivity index (χ2n) is 7.06. The summed E-state index contributed by atoms with van der Waals surface area (Å²) in [5, 5.41) is 5.05. The lowest BCUT2D eigenvalue weighted by molar-refractivity contribution is -0.00688. The fourth-order valence-electron chi connectivity index (χ4n) is 2.49. The van der Waals surface area contributed by atoms with Crippen molar-refractivity contribution in [1.29, 1.82) is 0 Å². The van der Waals surface area contributed by atoms with Gasteiger partial charge in [0.1, 0.15) is 5.60 Å². The summed E-state index contributed by atoms with van der Waals surface area (Å²) in [6.45, 7) is 6.09. The second kappa shape index (κ2) is 7.38. The van der Waals surface area contributed by atoms with Crippen molar-refractivity contribution in [2.45, 2.75) is 70.9 Å². The Bertz CT molecular complexity index is 343. The first-order valence-electron chi connectivity index (χ1n) is 7.65. The molecule has 1 saturated carbocycles. The summed E-state index contributed by atoms with van der Waals surface area (Å²) in [4.78, 5) is 11.4. The van der Waals surface area contributed by atoms with Crippen LogP contribution < -0.4 is 10.6 Å². The van der Waals surface area contributed by atoms with Crippen LogP contribution in [-0.4, -0.2) is 36.7 Å². The first kappa shape index (κ1) is 18.1. The maximum atomic E-state index is 13.7. The Hall–Kier alpha value is -0.910. The smallest absolute Gasteiger partial charge is 0.407 e. The number of nitrogens with one attached hydrogen (secondary N) is 2. The van der Waals surface area contributed by atoms with E-state index in [4.69, 9.17) is 4.74 Å². The molecule has 0 aromatic rings. The Kier molecular flexibility index (Phi) is 6.38. The van der Waals surface area contributed by atoms with Crippen molar-refractivity contribution in [1.82, 2.24) is 10.6 Å². The Morgan fingerprint density at radius 3 is 2.48 bits per heavy atom. The van der Waals surface area contributed by atoms with E-state index >= 15 is 0 Å². The summed E-state index contributed by atoms with van der Waals surface area (Å²) in [5.41, 5.74) is -0.685. The number of hydrogen-bond acceptors (Lipinski definition) is 3. The summed E-state index contributed by atoms with van der Waals surface area (Å²) in [6.07, 6.45) is 3.33. The first-order valence-corrected chi connectivity index (χ1v) is 7.65. The molecule has 1 aliphatic rings. The van der Waals surface area contributed by atoms with E-state index in [0.29, 0.717) is 5.92 Å². The minimum atomic E-state index is -2.97. The molecule has 0 saturated heterocycles. The average molecular weight is 306 g/mol. The Balaban J connectivity index is 2.28. The lowest BCUT2D eigenvalue weighted by atomic mass is 9.87. The van der Waals surface area contributed by atoms with Gasteiger partial charge in [0, 0.05) is 6.04 Å². The van der Waals surface area contributed by atoms with Crippen LogP contribution in [-0.2, 0) is 4.74 Å². The number of amides is 1. The van der Waals surface area contributed by atoms with Crippen LogP contribution in [0.1, 0.15) is 53.4 Å². The molecular weight excluding hydrogens is 278 g/mol. The molecule has 0 aliphatic heterocycles. The zero-order valence-corrected chi connectivity index (χ0v) is 13.5. The normalized spacial score (nSPS) is 23.7. The van der Waals surface area contributed by atoms with Crippen molar-refractivity contribution in [3.8, 4) is 0 Å². The molecule has 21 heavy (non-hydrogen) atoms. The molecule has 0 radical (unpaired) electrons. The van der Waals surface area contributed by atoms with Gasteiger partial charge in [-0.3, -0.25) is 0 Å². The van der Waals surface area contributed by atoms with Gasteiger partial charge in [0.2, 0.25) is 0 Å². The van der Waals surface area contributed by atoms with Gasteiger partial charge in [-0.15, -0.1) is 0 Å². The van der Waals surface area contributed by atoms with E-state index in [1.807, 2.05) is 0 Å². The number of carbonyl (C=O) groups excluding carboxylic acids is 1. The minimum Gasteiger partial charge on any atom is -0.444 e. The standard InChI is InChI=1S/C15H28F2N2O2/c1-11-6-5-7-12(8-11)18-9-15(16,17)10-19-13(20)21-14(2,3)4/h11-12,18H,5-10H2,1-4H3,(H,19,20). The van der Waals surface area contributed by atoms with Gasteiger partial charge in [0.05, 0.1) is 13.1 Å². The Morgan fingerprint density at radius 2 is 1.90 bits per heavy atom. The monoisotopic (exact) mass is 306 g/mol. The van der Waals surface area contributed by atoms with Crippen molar-refractivity contribution < 1.29 is 18.3 Å². The molecule has 1 fully saturated rings. The van der Waals surface area contributed by atoms with Crippen LogP contribution in [0, 0.1) is 5.92 Å². The van der Waals surface area contributed by atoms with Gasteiger partial charge in [-0.05, 0) is 39.5 Å². The highest BCUT2D eigenvalue weighted by Gasteiger charge is 2.31. The minimum absolute atomic E-state index is 0.154. The highest BCUT2D eigenvalue weighted by Crippen LogP contribution is 2.24. The van der Waals surface area contributed by atoms with E-state index in [1.165, 1.54) is 6.42 Å². The summed E-state index contributed by atoms with van der Waals surface area (Å²) >= 11 is 0. The van der Waals surface area contributed by atoms with Gasteiger partial charge < -0.3 is 15.4 Å². The van der Waals surface area contributed by atoms with Crippen molar-refractivity contribution in [2.24, 2.45) is 5.92 Å². The Morgan fingerprint density at radius 1 is 1.24 bits per heavy atom. The van der Waals surface area contributed by atoms with E-state index < -0.39 is 30.7 Å². The number of hydrogen-bond donors (Lipinski definition) is 2. The molecule has 2 N–H and O–H groups in total. The highest BCUT2D eigenvalue weighted by atomic mass is 19.3. The molecule has 0 heterocycles. The van der Waals surface area contributed by atoms with Crippen molar-refractivity contribution in [2.75, 3.05) is 13.1 Å². The lowest BCUT2D eigenvalue weighted by Crippen LogP contribution is -2.47. The molecule has 1 aliphatic carbocycles. The molecule has 1 amide bonds. The number of ether oxygens (including phenoxy) is 1. The molecule has 6 heteroatoms. The third kappa shape index (κ3) is 8.19. The van der Waals surface area contributed by atoms with Crippen LogP contribution in [0.3, 0.4) is 0 Å². The van der Waals surface area contributed by atoms with Gasteiger partial charge in [0.15, 0.2) is 0 Å². The number of halogens is 2. The van der Waals surface area contributed by atoms with Gasteiger partial charge in [-0.1, -0.05) is 19.8 Å². The van der Waals surface area contributed by atoms with Gasteiger partial charge in [-0.25, -0.2) is 13.6 Å². The molecule has 2 atom stereocenters. The predicted octanol–water partition coefficient (Wildman–Crippen LogP) is 3.31. The van der Waals surface area contributed by atoms with Gasteiger partial charge in [0.25, 0.3) is 5.92 Å². The fourth-order valence-corrected chi connectivity index (χ4v) is 2.49. The third-order valence-corrected chi connectivity index (χ3v) is 3.48. The topological polar surface area (TPSA) is 50.4 Å². The Labute approximate surface area is 126 Å². The number of rotatable bonds is 5. The zero-order valence-electron chi connectivity index (χ0n) is 13.5. The summed E-state index contributed by atoms with van der Waals surface area (Å²) in [6, 6.07) is 0.154. The predicted molar refractivity (Wildman–Crippen MR) is 78.6 cm³/mol. The first-order chi connectivity index (χ1) is 9.57.